The Hall–Kier alpha value is -1.59. The summed E-state index contributed by atoms with van der Waals surface area (Å²) in [5, 5.41) is 22.1. The van der Waals surface area contributed by atoms with Crippen LogP contribution in [-0.4, -0.2) is 35.1 Å². The van der Waals surface area contributed by atoms with Gasteiger partial charge >= 0.3 is 6.09 Å². The molecule has 1 aromatic rings. The van der Waals surface area contributed by atoms with Crippen molar-refractivity contribution in [2.24, 2.45) is 0 Å². The molecular formula is C20H33NO4. The molecule has 25 heavy (non-hydrogen) atoms. The summed E-state index contributed by atoms with van der Waals surface area (Å²) in [4.78, 5) is 11.8. The van der Waals surface area contributed by atoms with Gasteiger partial charge in [-0.1, -0.05) is 69.4 Å². The van der Waals surface area contributed by atoms with Gasteiger partial charge in [0.2, 0.25) is 0 Å². The van der Waals surface area contributed by atoms with Gasteiger partial charge in [-0.15, -0.1) is 0 Å². The number of rotatable bonds is 13. The van der Waals surface area contributed by atoms with Crippen molar-refractivity contribution in [3.05, 3.63) is 35.9 Å². The van der Waals surface area contributed by atoms with Crippen LogP contribution < -0.4 is 5.32 Å². The summed E-state index contributed by atoms with van der Waals surface area (Å²) >= 11 is 0. The van der Waals surface area contributed by atoms with Crippen molar-refractivity contribution in [1.82, 2.24) is 5.32 Å². The molecule has 0 spiro atoms. The van der Waals surface area contributed by atoms with E-state index in [1.807, 2.05) is 30.3 Å². The lowest BCUT2D eigenvalue weighted by atomic mass is 10.0. The van der Waals surface area contributed by atoms with Crippen LogP contribution in [0.3, 0.4) is 0 Å². The second-order valence-corrected chi connectivity index (χ2v) is 6.52. The van der Waals surface area contributed by atoms with Gasteiger partial charge in [0.1, 0.15) is 6.61 Å². The average Bonchev–Trinajstić information content (AvgIpc) is 2.64. The zero-order chi connectivity index (χ0) is 18.3. The van der Waals surface area contributed by atoms with E-state index in [1.54, 1.807) is 0 Å². The molecule has 0 saturated heterocycles. The first-order chi connectivity index (χ1) is 12.2. The van der Waals surface area contributed by atoms with Crippen LogP contribution in [0.2, 0.25) is 0 Å². The molecule has 0 saturated carbocycles. The van der Waals surface area contributed by atoms with E-state index in [1.165, 1.54) is 19.3 Å². The zero-order valence-corrected chi connectivity index (χ0v) is 15.3. The topological polar surface area (TPSA) is 78.8 Å². The quantitative estimate of drug-likeness (QED) is 0.473. The molecule has 0 aromatic heterocycles. The first-order valence-corrected chi connectivity index (χ1v) is 9.41. The minimum absolute atomic E-state index is 0.163. The van der Waals surface area contributed by atoms with Crippen LogP contribution >= 0.6 is 0 Å². The molecule has 0 aliphatic carbocycles. The highest BCUT2D eigenvalue weighted by molar-refractivity contribution is 5.67. The number of benzene rings is 1. The Morgan fingerprint density at radius 1 is 1.08 bits per heavy atom. The number of aliphatic hydroxyl groups excluding tert-OH is 2. The maximum absolute atomic E-state index is 11.8. The molecule has 142 valence electrons. The maximum atomic E-state index is 11.8. The summed E-state index contributed by atoms with van der Waals surface area (Å²) in [6, 6.07) is 9.05. The van der Waals surface area contributed by atoms with Crippen LogP contribution in [0.1, 0.15) is 63.9 Å². The second kappa shape index (κ2) is 13.7. The fraction of sp³-hybridized carbons (Fsp3) is 0.650. The maximum Gasteiger partial charge on any atom is 0.407 e. The van der Waals surface area contributed by atoms with Gasteiger partial charge in [-0.25, -0.2) is 4.79 Å². The van der Waals surface area contributed by atoms with Crippen molar-refractivity contribution < 1.29 is 19.7 Å². The summed E-state index contributed by atoms with van der Waals surface area (Å²) < 4.78 is 5.15. The van der Waals surface area contributed by atoms with Gasteiger partial charge in [-0.3, -0.25) is 0 Å². The zero-order valence-electron chi connectivity index (χ0n) is 15.3. The van der Waals surface area contributed by atoms with Gasteiger partial charge in [0, 0.05) is 0 Å². The van der Waals surface area contributed by atoms with E-state index in [-0.39, 0.29) is 19.3 Å². The molecule has 0 heterocycles. The van der Waals surface area contributed by atoms with Gasteiger partial charge in [0.25, 0.3) is 0 Å². The molecule has 0 aliphatic rings. The second-order valence-electron chi connectivity index (χ2n) is 6.52. The Morgan fingerprint density at radius 3 is 2.48 bits per heavy atom. The largest absolute Gasteiger partial charge is 0.445 e. The minimum Gasteiger partial charge on any atom is -0.445 e. The van der Waals surface area contributed by atoms with Gasteiger partial charge in [0.05, 0.1) is 18.8 Å². The molecule has 2 atom stereocenters. The predicted octanol–water partition coefficient (Wildman–Crippen LogP) is 3.78. The third kappa shape index (κ3) is 10.8. The van der Waals surface area contributed by atoms with E-state index in [2.05, 4.69) is 12.2 Å². The van der Waals surface area contributed by atoms with E-state index >= 15 is 0 Å². The molecule has 0 bridgehead atoms. The standard InChI is InChI=1S/C20H33NO4/c1-2-3-4-5-9-12-19(23)14-13-18(15-22)21-20(24)25-16-17-10-7-6-8-11-17/h6-8,10-11,18-19,22-23H,2-5,9,12-16H2,1H3,(H,21,24). The van der Waals surface area contributed by atoms with Crippen LogP contribution in [0.5, 0.6) is 0 Å². The number of carbonyl (C=O) groups excluding carboxylic acids is 1. The highest BCUT2D eigenvalue weighted by Gasteiger charge is 2.14. The molecule has 0 radical (unpaired) electrons. The summed E-state index contributed by atoms with van der Waals surface area (Å²) in [5.74, 6) is 0. The van der Waals surface area contributed by atoms with Crippen molar-refractivity contribution in [2.75, 3.05) is 6.61 Å². The molecule has 5 heteroatoms. The summed E-state index contributed by atoms with van der Waals surface area (Å²) in [6.45, 7) is 2.22. The molecule has 0 fully saturated rings. The number of nitrogens with one attached hydrogen (secondary N) is 1. The monoisotopic (exact) mass is 351 g/mol. The van der Waals surface area contributed by atoms with Crippen LogP contribution in [-0.2, 0) is 11.3 Å². The SMILES string of the molecule is CCCCCCCC(O)CCC(CO)NC(=O)OCc1ccccc1. The number of hydrogen-bond acceptors (Lipinski definition) is 4. The lowest BCUT2D eigenvalue weighted by Gasteiger charge is -2.18. The summed E-state index contributed by atoms with van der Waals surface area (Å²) in [6.07, 6.45) is 6.82. The Bertz CT molecular complexity index is 452. The fourth-order valence-electron chi connectivity index (χ4n) is 2.66. The van der Waals surface area contributed by atoms with Crippen molar-refractivity contribution in [2.45, 2.75) is 77.0 Å². The average molecular weight is 351 g/mol. The molecule has 1 aromatic carbocycles. The number of aliphatic hydroxyl groups is 2. The van der Waals surface area contributed by atoms with Crippen molar-refractivity contribution in [3.8, 4) is 0 Å². The molecule has 3 N–H and O–H groups in total. The van der Waals surface area contributed by atoms with Gasteiger partial charge in [-0.2, -0.15) is 0 Å². The molecule has 0 aliphatic heterocycles. The minimum atomic E-state index is -0.544. The molecule has 1 amide bonds. The Balaban J connectivity index is 2.16. The van der Waals surface area contributed by atoms with Gasteiger partial charge in [-0.05, 0) is 24.8 Å². The Morgan fingerprint density at radius 2 is 1.80 bits per heavy atom. The van der Waals surface area contributed by atoms with Gasteiger partial charge in [0.15, 0.2) is 0 Å². The smallest absolute Gasteiger partial charge is 0.407 e. The highest BCUT2D eigenvalue weighted by atomic mass is 16.5. The molecular weight excluding hydrogens is 318 g/mol. The fourth-order valence-corrected chi connectivity index (χ4v) is 2.66. The van der Waals surface area contributed by atoms with Gasteiger partial charge < -0.3 is 20.3 Å². The molecule has 2 unspecified atom stereocenters. The third-order valence-corrected chi connectivity index (χ3v) is 4.24. The normalized spacial score (nSPS) is 13.2. The molecule has 5 nitrogen and oxygen atoms in total. The van der Waals surface area contributed by atoms with E-state index in [4.69, 9.17) is 4.74 Å². The lowest BCUT2D eigenvalue weighted by Crippen LogP contribution is -2.38. The highest BCUT2D eigenvalue weighted by Crippen LogP contribution is 2.12. The predicted molar refractivity (Wildman–Crippen MR) is 99.3 cm³/mol. The van der Waals surface area contributed by atoms with E-state index in [9.17, 15) is 15.0 Å². The molecule has 1 rings (SSSR count). The first-order valence-electron chi connectivity index (χ1n) is 9.41. The number of hydrogen-bond donors (Lipinski definition) is 3. The Labute approximate surface area is 151 Å². The van der Waals surface area contributed by atoms with Crippen molar-refractivity contribution >= 4 is 6.09 Å². The van der Waals surface area contributed by atoms with Crippen LogP contribution in [0.4, 0.5) is 4.79 Å². The number of carbonyl (C=O) groups is 1. The van der Waals surface area contributed by atoms with E-state index < -0.39 is 12.1 Å². The number of alkyl carbamates (subject to hydrolysis) is 1. The van der Waals surface area contributed by atoms with E-state index in [0.717, 1.165) is 24.8 Å². The van der Waals surface area contributed by atoms with Crippen LogP contribution in [0, 0.1) is 0 Å². The lowest BCUT2D eigenvalue weighted by molar-refractivity contribution is 0.117. The third-order valence-electron chi connectivity index (χ3n) is 4.24. The first kappa shape index (κ1) is 21.5. The number of amides is 1. The number of ether oxygens (including phenoxy) is 1. The van der Waals surface area contributed by atoms with Crippen molar-refractivity contribution in [3.63, 3.8) is 0 Å². The Kier molecular flexibility index (Phi) is 11.7. The van der Waals surface area contributed by atoms with E-state index in [0.29, 0.717) is 12.8 Å². The van der Waals surface area contributed by atoms with Crippen LogP contribution in [0.15, 0.2) is 30.3 Å². The summed E-state index contributed by atoms with van der Waals surface area (Å²) in [5.41, 5.74) is 0.914. The number of unbranched alkanes of at least 4 members (excludes halogenated alkanes) is 4. The van der Waals surface area contributed by atoms with Crippen LogP contribution in [0.25, 0.3) is 0 Å². The van der Waals surface area contributed by atoms with Crippen molar-refractivity contribution in [1.29, 1.82) is 0 Å². The summed E-state index contributed by atoms with van der Waals surface area (Å²) in [7, 11) is 0.